The molecule has 3 heterocycles. The summed E-state index contributed by atoms with van der Waals surface area (Å²) in [6.07, 6.45) is 12.7. The van der Waals surface area contributed by atoms with E-state index >= 15 is 0 Å². The van der Waals surface area contributed by atoms with Gasteiger partial charge in [0.15, 0.2) is 0 Å². The van der Waals surface area contributed by atoms with E-state index in [1.165, 1.54) is 39.5 Å². The van der Waals surface area contributed by atoms with Gasteiger partial charge in [0.2, 0.25) is 5.91 Å². The SMILES string of the molecule is CC(C)(F)Cn1ncc2cnc(-c3[nH]ncc3NC(=O)CC3CCCCCC3)cc21. The van der Waals surface area contributed by atoms with Crippen molar-refractivity contribution in [2.45, 2.75) is 71.0 Å². The lowest BCUT2D eigenvalue weighted by Gasteiger charge is -2.15. The number of alkyl halides is 1. The molecule has 30 heavy (non-hydrogen) atoms. The van der Waals surface area contributed by atoms with E-state index in [9.17, 15) is 9.18 Å². The smallest absolute Gasteiger partial charge is 0.224 e. The predicted octanol–water partition coefficient (Wildman–Crippen LogP) is 4.87. The molecule has 4 rings (SSSR count). The lowest BCUT2D eigenvalue weighted by Crippen LogP contribution is -2.21. The number of nitrogens with zero attached hydrogens (tertiary/aromatic N) is 4. The number of nitrogens with one attached hydrogen (secondary N) is 2. The average Bonchev–Trinajstić information content (AvgIpc) is 3.20. The Kier molecular flexibility index (Phi) is 5.83. The Morgan fingerprint density at radius 2 is 2.00 bits per heavy atom. The molecule has 7 nitrogen and oxygen atoms in total. The van der Waals surface area contributed by atoms with Gasteiger partial charge in [-0.1, -0.05) is 25.7 Å². The number of hydrogen-bond donors (Lipinski definition) is 2. The molecule has 0 bridgehead atoms. The second-order valence-electron chi connectivity index (χ2n) is 8.92. The number of halogens is 1. The summed E-state index contributed by atoms with van der Waals surface area (Å²) in [6.45, 7) is 3.20. The first-order chi connectivity index (χ1) is 14.4. The van der Waals surface area contributed by atoms with Crippen LogP contribution in [0.5, 0.6) is 0 Å². The second-order valence-corrected chi connectivity index (χ2v) is 8.92. The Labute approximate surface area is 175 Å². The number of aromatic nitrogens is 5. The monoisotopic (exact) mass is 412 g/mol. The molecule has 8 heteroatoms. The Morgan fingerprint density at radius 1 is 1.23 bits per heavy atom. The van der Waals surface area contributed by atoms with Crippen LogP contribution in [-0.4, -0.2) is 36.5 Å². The van der Waals surface area contributed by atoms with E-state index in [4.69, 9.17) is 0 Å². The van der Waals surface area contributed by atoms with Crippen LogP contribution in [0.15, 0.2) is 24.7 Å². The molecular formula is C22H29FN6O. The number of carbonyl (C=O) groups excluding carboxylic acids is 1. The molecule has 0 spiro atoms. The summed E-state index contributed by atoms with van der Waals surface area (Å²) in [6, 6.07) is 1.85. The molecule has 0 unspecified atom stereocenters. The normalized spacial score (nSPS) is 16.0. The highest BCUT2D eigenvalue weighted by Gasteiger charge is 2.20. The molecule has 3 aromatic rings. The Balaban J connectivity index is 1.52. The second kappa shape index (κ2) is 8.53. The Bertz CT molecular complexity index is 1010. The predicted molar refractivity (Wildman–Crippen MR) is 115 cm³/mol. The van der Waals surface area contributed by atoms with Crippen molar-refractivity contribution >= 4 is 22.5 Å². The summed E-state index contributed by atoms with van der Waals surface area (Å²) < 4.78 is 15.8. The molecule has 1 amide bonds. The van der Waals surface area contributed by atoms with Gasteiger partial charge in [-0.15, -0.1) is 0 Å². The van der Waals surface area contributed by atoms with Gasteiger partial charge in [0.25, 0.3) is 0 Å². The largest absolute Gasteiger partial charge is 0.323 e. The van der Waals surface area contributed by atoms with Crippen LogP contribution < -0.4 is 5.32 Å². The lowest BCUT2D eigenvalue weighted by molar-refractivity contribution is -0.117. The number of H-pyrrole nitrogens is 1. The van der Waals surface area contributed by atoms with E-state index in [0.29, 0.717) is 29.4 Å². The highest BCUT2D eigenvalue weighted by Crippen LogP contribution is 2.29. The van der Waals surface area contributed by atoms with Crippen molar-refractivity contribution in [1.29, 1.82) is 0 Å². The van der Waals surface area contributed by atoms with E-state index in [0.717, 1.165) is 23.7 Å². The summed E-state index contributed by atoms with van der Waals surface area (Å²) in [5.74, 6) is 0.464. The van der Waals surface area contributed by atoms with Crippen molar-refractivity contribution in [3.05, 3.63) is 24.7 Å². The Morgan fingerprint density at radius 3 is 2.73 bits per heavy atom. The number of rotatable bonds is 6. The van der Waals surface area contributed by atoms with Gasteiger partial charge in [-0.25, -0.2) is 4.39 Å². The van der Waals surface area contributed by atoms with Gasteiger partial charge in [0.1, 0.15) is 11.4 Å². The molecule has 1 fully saturated rings. The standard InChI is InChI=1S/C22H29FN6O/c1-22(2,23)14-29-19-10-17(24-11-16(19)12-26-29)21-18(13-25-28-21)27-20(30)9-15-7-5-3-4-6-8-15/h10-13,15H,3-9,14H2,1-2H3,(H,25,28)(H,27,30). The molecule has 0 atom stereocenters. The maximum atomic E-state index is 14.1. The van der Waals surface area contributed by atoms with E-state index in [1.807, 2.05) is 6.07 Å². The van der Waals surface area contributed by atoms with Crippen LogP contribution in [0.2, 0.25) is 0 Å². The maximum absolute atomic E-state index is 14.1. The van der Waals surface area contributed by atoms with Gasteiger partial charge < -0.3 is 5.32 Å². The number of pyridine rings is 1. The fraction of sp³-hybridized carbons (Fsp3) is 0.545. The van der Waals surface area contributed by atoms with Gasteiger partial charge in [-0.05, 0) is 38.7 Å². The van der Waals surface area contributed by atoms with E-state index in [-0.39, 0.29) is 12.5 Å². The van der Waals surface area contributed by atoms with Crippen LogP contribution in [0.3, 0.4) is 0 Å². The third-order valence-electron chi connectivity index (χ3n) is 5.67. The fourth-order valence-corrected chi connectivity index (χ4v) is 4.20. The van der Waals surface area contributed by atoms with Crippen LogP contribution in [0.4, 0.5) is 10.1 Å². The summed E-state index contributed by atoms with van der Waals surface area (Å²) in [5.41, 5.74) is 1.28. The quantitative estimate of drug-likeness (QED) is 0.566. The average molecular weight is 413 g/mol. The number of aromatic amines is 1. The topological polar surface area (TPSA) is 88.5 Å². The molecule has 160 valence electrons. The van der Waals surface area contributed by atoms with Crippen molar-refractivity contribution in [3.63, 3.8) is 0 Å². The molecular weight excluding hydrogens is 383 g/mol. The van der Waals surface area contributed by atoms with E-state index in [1.54, 1.807) is 23.3 Å². The highest BCUT2D eigenvalue weighted by atomic mass is 19.1. The molecule has 1 aliphatic carbocycles. The molecule has 3 aromatic heterocycles. The number of amides is 1. The zero-order valence-corrected chi connectivity index (χ0v) is 17.6. The number of anilines is 1. The van der Waals surface area contributed by atoms with Crippen molar-refractivity contribution < 1.29 is 9.18 Å². The molecule has 0 aliphatic heterocycles. The van der Waals surface area contributed by atoms with Gasteiger partial charge in [-0.2, -0.15) is 10.2 Å². The van der Waals surface area contributed by atoms with Gasteiger partial charge >= 0.3 is 0 Å². The molecule has 0 aromatic carbocycles. The minimum Gasteiger partial charge on any atom is -0.323 e. The third-order valence-corrected chi connectivity index (χ3v) is 5.67. The fourth-order valence-electron chi connectivity index (χ4n) is 4.20. The summed E-state index contributed by atoms with van der Waals surface area (Å²) in [7, 11) is 0. The van der Waals surface area contributed by atoms with Crippen LogP contribution in [0.1, 0.15) is 58.8 Å². The van der Waals surface area contributed by atoms with E-state index < -0.39 is 5.67 Å². The van der Waals surface area contributed by atoms with Crippen molar-refractivity contribution in [2.75, 3.05) is 5.32 Å². The van der Waals surface area contributed by atoms with Gasteiger partial charge in [-0.3, -0.25) is 19.6 Å². The molecule has 2 N–H and O–H groups in total. The van der Waals surface area contributed by atoms with Gasteiger partial charge in [0, 0.05) is 18.0 Å². The zero-order chi connectivity index (χ0) is 21.1. The van der Waals surface area contributed by atoms with Crippen LogP contribution in [-0.2, 0) is 11.3 Å². The van der Waals surface area contributed by atoms with Gasteiger partial charge in [0.05, 0.1) is 35.8 Å². The molecule has 1 saturated carbocycles. The lowest BCUT2D eigenvalue weighted by atomic mass is 9.96. The highest BCUT2D eigenvalue weighted by molar-refractivity contribution is 5.95. The van der Waals surface area contributed by atoms with Crippen LogP contribution >= 0.6 is 0 Å². The van der Waals surface area contributed by atoms with Crippen molar-refractivity contribution in [2.24, 2.45) is 5.92 Å². The Hall–Kier alpha value is -2.77. The van der Waals surface area contributed by atoms with E-state index in [2.05, 4.69) is 25.6 Å². The van der Waals surface area contributed by atoms with Crippen molar-refractivity contribution in [3.8, 4) is 11.4 Å². The maximum Gasteiger partial charge on any atom is 0.224 e. The summed E-state index contributed by atoms with van der Waals surface area (Å²) >= 11 is 0. The summed E-state index contributed by atoms with van der Waals surface area (Å²) in [4.78, 5) is 17.1. The molecule has 0 radical (unpaired) electrons. The number of hydrogen-bond acceptors (Lipinski definition) is 4. The molecule has 0 saturated heterocycles. The number of carbonyl (C=O) groups is 1. The first-order valence-electron chi connectivity index (χ1n) is 10.7. The zero-order valence-electron chi connectivity index (χ0n) is 17.6. The molecule has 1 aliphatic rings. The first kappa shape index (κ1) is 20.5. The third kappa shape index (κ3) is 4.86. The van der Waals surface area contributed by atoms with Crippen LogP contribution in [0.25, 0.3) is 22.3 Å². The number of fused-ring (bicyclic) bond motifs is 1. The minimum absolute atomic E-state index is 0.00912. The van der Waals surface area contributed by atoms with Crippen molar-refractivity contribution in [1.82, 2.24) is 25.0 Å². The minimum atomic E-state index is -1.38. The summed E-state index contributed by atoms with van der Waals surface area (Å²) in [5, 5.41) is 15.2. The van der Waals surface area contributed by atoms with Crippen LogP contribution in [0, 0.1) is 5.92 Å². The first-order valence-corrected chi connectivity index (χ1v) is 10.7.